The largest absolute Gasteiger partial charge is 0.394 e. The molecule has 0 aromatic heterocycles. The number of aliphatic hydroxyl groups excluding tert-OH is 11. The molecule has 4 heterocycles. The average Bonchev–Trinajstić information content (AvgIpc) is 3.01. The smallest absolute Gasteiger partial charge is 0.217 e. The third-order valence-corrected chi connectivity index (χ3v) is 8.53. The zero-order valence-corrected chi connectivity index (χ0v) is 25.1. The van der Waals surface area contributed by atoms with E-state index in [-0.39, 0.29) is 0 Å². The average molecular weight is 676 g/mol. The Balaban J connectivity index is 1.68. The molecule has 20 nitrogen and oxygen atoms in total. The van der Waals surface area contributed by atoms with E-state index in [9.17, 15) is 61.0 Å². The van der Waals surface area contributed by atoms with Gasteiger partial charge in [0.1, 0.15) is 85.4 Å². The van der Waals surface area contributed by atoms with Crippen molar-refractivity contribution < 1.29 is 94.1 Å². The highest BCUT2D eigenvalue weighted by Gasteiger charge is 2.55. The van der Waals surface area contributed by atoms with E-state index in [4.69, 9.17) is 33.2 Å². The number of carbonyl (C=O) groups excluding carboxylic acids is 1. The van der Waals surface area contributed by atoms with Crippen molar-refractivity contribution in [1.29, 1.82) is 0 Å². The zero-order chi connectivity index (χ0) is 34.2. The molecule has 0 saturated carbocycles. The molecule has 0 aliphatic carbocycles. The molecule has 268 valence electrons. The number of hydrogen-bond donors (Lipinski definition) is 12. The lowest BCUT2D eigenvalue weighted by atomic mass is 9.94. The SMILES string of the molecule is CC(=O)N[C@@H]1[C@@H](O[C@H]2O[C@H](C)[C@H](O)[C@H](O)[C@H]2O)[C@H](O[C@@H]2O[C@H](CO)[C@H](O)[C@H](O)[C@H]2O[C@H]2O[C@H](C)[C@H](O)[C@H](O)[C@H]2O)[C@@H](CO)O[C@@H]1O. The van der Waals surface area contributed by atoms with Crippen LogP contribution in [0.1, 0.15) is 20.8 Å². The number of nitrogens with one attached hydrogen (secondary N) is 1. The molecule has 20 heteroatoms. The topological polar surface area (TPSA) is 316 Å². The minimum absolute atomic E-state index is 0.691. The van der Waals surface area contributed by atoms with Crippen molar-refractivity contribution in [2.24, 2.45) is 0 Å². The van der Waals surface area contributed by atoms with Gasteiger partial charge in [-0.05, 0) is 13.8 Å². The molecule has 4 fully saturated rings. The summed E-state index contributed by atoms with van der Waals surface area (Å²) in [6.07, 6.45) is -31.2. The molecule has 0 unspecified atom stereocenters. The molecule has 4 aliphatic rings. The first-order chi connectivity index (χ1) is 21.6. The first-order valence-electron chi connectivity index (χ1n) is 14.8. The van der Waals surface area contributed by atoms with Gasteiger partial charge >= 0.3 is 0 Å². The van der Waals surface area contributed by atoms with Crippen molar-refractivity contribution in [2.45, 2.75) is 144 Å². The van der Waals surface area contributed by atoms with Gasteiger partial charge in [-0.2, -0.15) is 0 Å². The fourth-order valence-electron chi connectivity index (χ4n) is 5.81. The molecule has 0 radical (unpaired) electrons. The molecule has 1 amide bonds. The maximum absolute atomic E-state index is 12.1. The van der Waals surface area contributed by atoms with Crippen LogP contribution in [-0.2, 0) is 38.0 Å². The Morgan fingerprint density at radius 3 is 1.52 bits per heavy atom. The molecular formula is C26H45NO19. The molecule has 0 bridgehead atoms. The maximum Gasteiger partial charge on any atom is 0.217 e. The Bertz CT molecular complexity index is 997. The van der Waals surface area contributed by atoms with Crippen LogP contribution in [0.5, 0.6) is 0 Å². The molecule has 0 aromatic carbocycles. The van der Waals surface area contributed by atoms with Gasteiger partial charge in [0.2, 0.25) is 5.91 Å². The highest BCUT2D eigenvalue weighted by atomic mass is 16.8. The number of hydrogen-bond acceptors (Lipinski definition) is 19. The van der Waals surface area contributed by atoms with Gasteiger partial charge in [0.15, 0.2) is 25.2 Å². The standard InChI is InChI=1S/C26H45NO19/c1-6-12(31)15(34)18(37)24(40-6)45-21-11(27-8(3)30)23(39)42-10(5-29)20(21)44-26-22(17(36)14(33)9(4-28)43-26)46-25-19(38)16(35)13(32)7(2)41-25/h6-7,9-26,28-29,31-39H,4-5H2,1-3H3,(H,27,30)/t6-,7-,9-,10-,11-,12+,13+,14+,15+,16+,17+,18-,19-,20-,21-,22-,23+,24-,25-,26+/m1/s1. The van der Waals surface area contributed by atoms with Crippen LogP contribution in [0, 0.1) is 0 Å². The van der Waals surface area contributed by atoms with Crippen molar-refractivity contribution in [3.63, 3.8) is 0 Å². The second-order valence-corrected chi connectivity index (χ2v) is 11.8. The van der Waals surface area contributed by atoms with Crippen LogP contribution in [0.25, 0.3) is 0 Å². The van der Waals surface area contributed by atoms with Crippen LogP contribution >= 0.6 is 0 Å². The Kier molecular flexibility index (Phi) is 12.7. The molecule has 0 aromatic rings. The molecule has 4 aliphatic heterocycles. The molecule has 4 rings (SSSR count). The molecule has 4 saturated heterocycles. The summed E-state index contributed by atoms with van der Waals surface area (Å²) in [5.41, 5.74) is 0. The minimum Gasteiger partial charge on any atom is -0.394 e. The first kappa shape index (κ1) is 37.6. The summed E-state index contributed by atoms with van der Waals surface area (Å²) in [7, 11) is 0. The van der Waals surface area contributed by atoms with Crippen LogP contribution in [0.15, 0.2) is 0 Å². The predicted molar refractivity (Wildman–Crippen MR) is 143 cm³/mol. The van der Waals surface area contributed by atoms with E-state index in [0.717, 1.165) is 6.92 Å². The second-order valence-electron chi connectivity index (χ2n) is 11.8. The summed E-state index contributed by atoms with van der Waals surface area (Å²) < 4.78 is 39.8. The molecule has 12 N–H and O–H groups in total. The van der Waals surface area contributed by atoms with E-state index >= 15 is 0 Å². The highest BCUT2D eigenvalue weighted by Crippen LogP contribution is 2.35. The normalized spacial score (nSPS) is 51.9. The zero-order valence-electron chi connectivity index (χ0n) is 25.1. The molecule has 20 atom stereocenters. The quantitative estimate of drug-likeness (QED) is 0.108. The van der Waals surface area contributed by atoms with Crippen molar-refractivity contribution in [3.8, 4) is 0 Å². The highest BCUT2D eigenvalue weighted by molar-refractivity contribution is 5.73. The number of carbonyl (C=O) groups is 1. The molecule has 0 spiro atoms. The van der Waals surface area contributed by atoms with Crippen LogP contribution in [-0.4, -0.2) is 198 Å². The van der Waals surface area contributed by atoms with Crippen molar-refractivity contribution in [1.82, 2.24) is 5.32 Å². The molecular weight excluding hydrogens is 630 g/mol. The van der Waals surface area contributed by atoms with Crippen LogP contribution in [0.3, 0.4) is 0 Å². The Morgan fingerprint density at radius 2 is 1.04 bits per heavy atom. The Morgan fingerprint density at radius 1 is 0.565 bits per heavy atom. The monoisotopic (exact) mass is 675 g/mol. The van der Waals surface area contributed by atoms with E-state index in [2.05, 4.69) is 5.32 Å². The lowest BCUT2D eigenvalue weighted by Crippen LogP contribution is -2.70. The summed E-state index contributed by atoms with van der Waals surface area (Å²) >= 11 is 0. The predicted octanol–water partition coefficient (Wildman–Crippen LogP) is -7.55. The Labute approximate surface area is 262 Å². The lowest BCUT2D eigenvalue weighted by molar-refractivity contribution is -0.391. The van der Waals surface area contributed by atoms with Gasteiger partial charge in [0, 0.05) is 6.92 Å². The van der Waals surface area contributed by atoms with Crippen molar-refractivity contribution in [3.05, 3.63) is 0 Å². The number of aliphatic hydroxyl groups is 11. The minimum atomic E-state index is -1.92. The maximum atomic E-state index is 12.1. The van der Waals surface area contributed by atoms with E-state index in [1.807, 2.05) is 0 Å². The van der Waals surface area contributed by atoms with Gasteiger partial charge in [-0.25, -0.2) is 0 Å². The summed E-state index contributed by atoms with van der Waals surface area (Å²) in [4.78, 5) is 12.1. The third-order valence-electron chi connectivity index (χ3n) is 8.53. The van der Waals surface area contributed by atoms with E-state index in [1.54, 1.807) is 0 Å². The van der Waals surface area contributed by atoms with Gasteiger partial charge in [-0.15, -0.1) is 0 Å². The summed E-state index contributed by atoms with van der Waals surface area (Å²) in [6, 6.07) is -1.51. The van der Waals surface area contributed by atoms with Gasteiger partial charge in [0.25, 0.3) is 0 Å². The van der Waals surface area contributed by atoms with Gasteiger partial charge in [0.05, 0.1) is 25.4 Å². The fraction of sp³-hybridized carbons (Fsp3) is 0.962. The van der Waals surface area contributed by atoms with Gasteiger partial charge in [-0.1, -0.05) is 0 Å². The van der Waals surface area contributed by atoms with Crippen LogP contribution < -0.4 is 5.32 Å². The van der Waals surface area contributed by atoms with E-state index in [1.165, 1.54) is 13.8 Å². The van der Waals surface area contributed by atoms with Crippen LogP contribution in [0.4, 0.5) is 0 Å². The lowest BCUT2D eigenvalue weighted by Gasteiger charge is -2.50. The number of amides is 1. The van der Waals surface area contributed by atoms with Crippen molar-refractivity contribution in [2.75, 3.05) is 13.2 Å². The number of ether oxygens (including phenoxy) is 7. The summed E-state index contributed by atoms with van der Waals surface area (Å²) in [5.74, 6) is -0.691. The second kappa shape index (κ2) is 15.5. The van der Waals surface area contributed by atoms with E-state index in [0.29, 0.717) is 0 Å². The fourth-order valence-corrected chi connectivity index (χ4v) is 5.81. The third kappa shape index (κ3) is 7.64. The van der Waals surface area contributed by atoms with Crippen molar-refractivity contribution >= 4 is 5.91 Å². The summed E-state index contributed by atoms with van der Waals surface area (Å²) in [5, 5.41) is 117. The molecule has 46 heavy (non-hydrogen) atoms. The Hall–Kier alpha value is -1.25. The van der Waals surface area contributed by atoms with E-state index < -0.39 is 142 Å². The summed E-state index contributed by atoms with van der Waals surface area (Å²) in [6.45, 7) is 2.15. The van der Waals surface area contributed by atoms with Gasteiger partial charge in [-0.3, -0.25) is 4.79 Å². The number of rotatable bonds is 9. The van der Waals surface area contributed by atoms with Gasteiger partial charge < -0.3 is 94.6 Å². The van der Waals surface area contributed by atoms with Crippen LogP contribution in [0.2, 0.25) is 0 Å². The first-order valence-corrected chi connectivity index (χ1v) is 14.8.